The van der Waals surface area contributed by atoms with E-state index in [1.54, 1.807) is 6.07 Å². The first-order valence-electron chi connectivity index (χ1n) is 8.29. The standard InChI is InChI=1S/C20H23N3O2/c1-12-7-6-8-13(2)17(12)11-21-18-9-16(20(24)25-5)10-19-22-14(3)15(4)23(18)19/h6-10,21H,11H2,1-5H3. The number of anilines is 1. The number of benzene rings is 1. The highest BCUT2D eigenvalue weighted by molar-refractivity contribution is 5.91. The molecule has 0 amide bonds. The van der Waals surface area contributed by atoms with E-state index in [-0.39, 0.29) is 5.97 Å². The minimum Gasteiger partial charge on any atom is -0.465 e. The second-order valence-electron chi connectivity index (χ2n) is 6.32. The molecule has 3 rings (SSSR count). The van der Waals surface area contributed by atoms with Crippen LogP contribution >= 0.6 is 0 Å². The molecular formula is C20H23N3O2. The summed E-state index contributed by atoms with van der Waals surface area (Å²) in [7, 11) is 1.39. The lowest BCUT2D eigenvalue weighted by Crippen LogP contribution is -2.10. The van der Waals surface area contributed by atoms with Crippen molar-refractivity contribution in [2.75, 3.05) is 12.4 Å². The highest BCUT2D eigenvalue weighted by atomic mass is 16.5. The number of nitrogens with zero attached hydrogens (tertiary/aromatic N) is 2. The first-order valence-corrected chi connectivity index (χ1v) is 8.29. The molecule has 0 saturated carbocycles. The minimum absolute atomic E-state index is 0.365. The van der Waals surface area contributed by atoms with E-state index in [9.17, 15) is 4.79 Å². The Hall–Kier alpha value is -2.82. The SMILES string of the molecule is COC(=O)c1cc(NCc2c(C)cccc2C)n2c(C)c(C)nc2c1. The number of hydrogen-bond acceptors (Lipinski definition) is 4. The van der Waals surface area contributed by atoms with Crippen LogP contribution in [0.4, 0.5) is 5.82 Å². The summed E-state index contributed by atoms with van der Waals surface area (Å²) in [5.74, 6) is 0.467. The van der Waals surface area contributed by atoms with E-state index in [1.807, 2.05) is 24.3 Å². The number of carbonyl (C=O) groups is 1. The van der Waals surface area contributed by atoms with Crippen molar-refractivity contribution in [2.45, 2.75) is 34.2 Å². The average molecular weight is 337 g/mol. The summed E-state index contributed by atoms with van der Waals surface area (Å²) in [5, 5.41) is 3.47. The zero-order valence-electron chi connectivity index (χ0n) is 15.3. The maximum Gasteiger partial charge on any atom is 0.338 e. The van der Waals surface area contributed by atoms with Crippen molar-refractivity contribution in [2.24, 2.45) is 0 Å². The molecule has 1 N–H and O–H groups in total. The van der Waals surface area contributed by atoms with Gasteiger partial charge in [0.1, 0.15) is 11.5 Å². The Morgan fingerprint density at radius 2 is 1.84 bits per heavy atom. The monoisotopic (exact) mass is 337 g/mol. The van der Waals surface area contributed by atoms with E-state index in [0.29, 0.717) is 12.1 Å². The number of carbonyl (C=O) groups excluding carboxylic acids is 1. The van der Waals surface area contributed by atoms with Crippen LogP contribution in [0.25, 0.3) is 5.65 Å². The van der Waals surface area contributed by atoms with Crippen LogP contribution in [0.2, 0.25) is 0 Å². The van der Waals surface area contributed by atoms with E-state index in [2.05, 4.69) is 42.3 Å². The minimum atomic E-state index is -0.365. The number of methoxy groups -OCH3 is 1. The first-order chi connectivity index (χ1) is 11.9. The summed E-state index contributed by atoms with van der Waals surface area (Å²) in [6.45, 7) is 8.88. The molecule has 0 aliphatic rings. The molecule has 0 aliphatic heterocycles. The Morgan fingerprint density at radius 3 is 2.48 bits per heavy atom. The number of imidazole rings is 1. The third kappa shape index (κ3) is 3.09. The van der Waals surface area contributed by atoms with Crippen molar-refractivity contribution < 1.29 is 9.53 Å². The largest absolute Gasteiger partial charge is 0.465 e. The summed E-state index contributed by atoms with van der Waals surface area (Å²) in [6.07, 6.45) is 0. The first kappa shape index (κ1) is 17.0. The summed E-state index contributed by atoms with van der Waals surface area (Å²) in [6, 6.07) is 9.86. The Bertz CT molecular complexity index is 937. The third-order valence-electron chi connectivity index (χ3n) is 4.70. The maximum atomic E-state index is 12.0. The van der Waals surface area contributed by atoms with Crippen molar-refractivity contribution in [3.63, 3.8) is 0 Å². The fourth-order valence-electron chi connectivity index (χ4n) is 3.10. The normalized spacial score (nSPS) is 10.9. The zero-order chi connectivity index (χ0) is 18.1. The fourth-order valence-corrected chi connectivity index (χ4v) is 3.10. The molecule has 130 valence electrons. The molecule has 0 radical (unpaired) electrons. The van der Waals surface area contributed by atoms with Gasteiger partial charge in [0.05, 0.1) is 18.4 Å². The summed E-state index contributed by atoms with van der Waals surface area (Å²) < 4.78 is 6.91. The number of ether oxygens (including phenoxy) is 1. The van der Waals surface area contributed by atoms with Crippen LogP contribution < -0.4 is 5.32 Å². The van der Waals surface area contributed by atoms with Crippen molar-refractivity contribution >= 4 is 17.4 Å². The van der Waals surface area contributed by atoms with Crippen LogP contribution in [0.5, 0.6) is 0 Å². The van der Waals surface area contributed by atoms with Crippen molar-refractivity contribution in [3.05, 3.63) is 64.0 Å². The number of hydrogen-bond donors (Lipinski definition) is 1. The Morgan fingerprint density at radius 1 is 1.16 bits per heavy atom. The van der Waals surface area contributed by atoms with Gasteiger partial charge in [-0.25, -0.2) is 9.78 Å². The molecule has 0 aliphatic carbocycles. The predicted octanol–water partition coefficient (Wildman–Crippen LogP) is 3.97. The number of fused-ring (bicyclic) bond motifs is 1. The molecule has 0 saturated heterocycles. The van der Waals surface area contributed by atoms with Crippen molar-refractivity contribution in [1.29, 1.82) is 0 Å². The lowest BCUT2D eigenvalue weighted by Gasteiger charge is -2.15. The van der Waals surface area contributed by atoms with Gasteiger partial charge in [-0.15, -0.1) is 0 Å². The van der Waals surface area contributed by atoms with E-state index in [4.69, 9.17) is 4.74 Å². The van der Waals surface area contributed by atoms with E-state index < -0.39 is 0 Å². The van der Waals surface area contributed by atoms with E-state index in [0.717, 1.165) is 22.9 Å². The lowest BCUT2D eigenvalue weighted by molar-refractivity contribution is 0.0601. The number of aryl methyl sites for hydroxylation is 4. The lowest BCUT2D eigenvalue weighted by atomic mass is 10.0. The van der Waals surface area contributed by atoms with Crippen LogP contribution in [0, 0.1) is 27.7 Å². The van der Waals surface area contributed by atoms with Gasteiger partial charge in [-0.3, -0.25) is 4.40 Å². The molecule has 2 heterocycles. The third-order valence-corrected chi connectivity index (χ3v) is 4.70. The van der Waals surface area contributed by atoms with Gasteiger partial charge in [0.25, 0.3) is 0 Å². The zero-order valence-corrected chi connectivity index (χ0v) is 15.3. The Labute approximate surface area is 147 Å². The van der Waals surface area contributed by atoms with Crippen LogP contribution in [0.1, 0.15) is 38.4 Å². The van der Waals surface area contributed by atoms with Gasteiger partial charge in [0.15, 0.2) is 0 Å². The Balaban J connectivity index is 2.06. The highest BCUT2D eigenvalue weighted by Crippen LogP contribution is 2.22. The number of nitrogens with one attached hydrogen (secondary N) is 1. The van der Waals surface area contributed by atoms with Crippen LogP contribution in [-0.4, -0.2) is 22.5 Å². The quantitative estimate of drug-likeness (QED) is 0.732. The van der Waals surface area contributed by atoms with E-state index in [1.165, 1.54) is 23.8 Å². The van der Waals surface area contributed by atoms with Crippen LogP contribution in [0.3, 0.4) is 0 Å². The smallest absolute Gasteiger partial charge is 0.338 e. The maximum absolute atomic E-state index is 12.0. The van der Waals surface area contributed by atoms with Crippen LogP contribution in [-0.2, 0) is 11.3 Å². The molecule has 0 atom stereocenters. The summed E-state index contributed by atoms with van der Waals surface area (Å²) in [5.41, 5.74) is 6.96. The molecule has 2 aromatic heterocycles. The van der Waals surface area contributed by atoms with Crippen LogP contribution in [0.15, 0.2) is 30.3 Å². The number of esters is 1. The Kier molecular flexibility index (Phi) is 4.49. The van der Waals surface area contributed by atoms with Crippen molar-refractivity contribution in [3.8, 4) is 0 Å². The van der Waals surface area contributed by atoms with E-state index >= 15 is 0 Å². The topological polar surface area (TPSA) is 55.6 Å². The highest BCUT2D eigenvalue weighted by Gasteiger charge is 2.15. The number of aromatic nitrogens is 2. The molecule has 5 heteroatoms. The number of pyridine rings is 1. The molecule has 1 aromatic carbocycles. The molecule has 0 unspecified atom stereocenters. The van der Waals surface area contributed by atoms with Gasteiger partial charge in [-0.2, -0.15) is 0 Å². The second kappa shape index (κ2) is 6.59. The fraction of sp³-hybridized carbons (Fsp3) is 0.300. The van der Waals surface area contributed by atoms with Gasteiger partial charge >= 0.3 is 5.97 Å². The van der Waals surface area contributed by atoms with Gasteiger partial charge in [0, 0.05) is 12.2 Å². The summed E-state index contributed by atoms with van der Waals surface area (Å²) in [4.78, 5) is 16.6. The summed E-state index contributed by atoms with van der Waals surface area (Å²) >= 11 is 0. The molecule has 3 aromatic rings. The molecule has 5 nitrogen and oxygen atoms in total. The van der Waals surface area contributed by atoms with Gasteiger partial charge in [-0.05, 0) is 56.5 Å². The second-order valence-corrected chi connectivity index (χ2v) is 6.32. The predicted molar refractivity (Wildman–Crippen MR) is 99.2 cm³/mol. The van der Waals surface area contributed by atoms with Crippen molar-refractivity contribution in [1.82, 2.24) is 9.38 Å². The van der Waals surface area contributed by atoms with Gasteiger partial charge < -0.3 is 10.1 Å². The van der Waals surface area contributed by atoms with Gasteiger partial charge in [-0.1, -0.05) is 18.2 Å². The number of rotatable bonds is 4. The molecular weight excluding hydrogens is 314 g/mol. The average Bonchev–Trinajstić information content (AvgIpc) is 2.88. The van der Waals surface area contributed by atoms with Gasteiger partial charge in [0.2, 0.25) is 0 Å². The molecule has 0 bridgehead atoms. The molecule has 25 heavy (non-hydrogen) atoms. The molecule has 0 spiro atoms. The molecule has 0 fully saturated rings.